The van der Waals surface area contributed by atoms with E-state index in [1.54, 1.807) is 12.4 Å². The smallest absolute Gasteiger partial charge is 0.225 e. The van der Waals surface area contributed by atoms with Crippen LogP contribution in [0, 0.1) is 0 Å². The van der Waals surface area contributed by atoms with Gasteiger partial charge in [0.1, 0.15) is 0 Å². The van der Waals surface area contributed by atoms with Crippen LogP contribution in [0.1, 0.15) is 43.5 Å². The van der Waals surface area contributed by atoms with Crippen LogP contribution in [-0.2, 0) is 24.3 Å². The Kier molecular flexibility index (Phi) is 4.63. The first-order valence-electron chi connectivity index (χ1n) is 9.15. The van der Waals surface area contributed by atoms with Gasteiger partial charge >= 0.3 is 0 Å². The minimum absolute atomic E-state index is 0.150. The van der Waals surface area contributed by atoms with E-state index in [2.05, 4.69) is 31.3 Å². The molecule has 1 N–H and O–H groups in total. The van der Waals surface area contributed by atoms with Crippen LogP contribution in [-0.4, -0.2) is 38.2 Å². The van der Waals surface area contributed by atoms with Crippen LogP contribution in [0.5, 0.6) is 0 Å². The lowest BCUT2D eigenvalue weighted by Gasteiger charge is -2.27. The topological polar surface area (TPSA) is 75.9 Å². The van der Waals surface area contributed by atoms with Gasteiger partial charge in [-0.1, -0.05) is 12.8 Å². The highest BCUT2D eigenvalue weighted by Crippen LogP contribution is 2.19. The van der Waals surface area contributed by atoms with E-state index < -0.39 is 0 Å². The first kappa shape index (κ1) is 16.1. The zero-order chi connectivity index (χ0) is 17.1. The lowest BCUT2D eigenvalue weighted by molar-refractivity contribution is -0.121. The molecule has 0 saturated heterocycles. The van der Waals surface area contributed by atoms with Crippen molar-refractivity contribution in [1.29, 1.82) is 0 Å². The molecule has 132 valence electrons. The van der Waals surface area contributed by atoms with E-state index in [-0.39, 0.29) is 5.91 Å². The lowest BCUT2D eigenvalue weighted by Crippen LogP contribution is -2.34. The molecule has 1 fully saturated rings. The molecule has 0 bridgehead atoms. The van der Waals surface area contributed by atoms with Crippen LogP contribution in [0.4, 0.5) is 5.95 Å². The Hall–Kier alpha value is -2.44. The van der Waals surface area contributed by atoms with Crippen molar-refractivity contribution >= 4 is 11.9 Å². The van der Waals surface area contributed by atoms with Gasteiger partial charge in [-0.15, -0.1) is 0 Å². The monoisotopic (exact) mass is 340 g/mol. The van der Waals surface area contributed by atoms with Gasteiger partial charge < -0.3 is 10.2 Å². The normalized spacial score (nSPS) is 17.5. The summed E-state index contributed by atoms with van der Waals surface area (Å²) in [6.07, 6.45) is 9.47. The fourth-order valence-corrected chi connectivity index (χ4v) is 3.68. The Morgan fingerprint density at radius 1 is 1.20 bits per heavy atom. The molecule has 1 aliphatic heterocycles. The van der Waals surface area contributed by atoms with Crippen molar-refractivity contribution in [3.63, 3.8) is 0 Å². The molecule has 7 heteroatoms. The van der Waals surface area contributed by atoms with Gasteiger partial charge in [-0.2, -0.15) is 5.10 Å². The summed E-state index contributed by atoms with van der Waals surface area (Å²) in [5.41, 5.74) is 2.15. The number of carbonyl (C=O) groups is 1. The van der Waals surface area contributed by atoms with Gasteiger partial charge in [0, 0.05) is 37.8 Å². The molecule has 2 aromatic rings. The van der Waals surface area contributed by atoms with Crippen molar-refractivity contribution in [1.82, 2.24) is 25.1 Å². The average Bonchev–Trinajstić information content (AvgIpc) is 3.29. The molecule has 7 nitrogen and oxygen atoms in total. The maximum Gasteiger partial charge on any atom is 0.225 e. The van der Waals surface area contributed by atoms with E-state index >= 15 is 0 Å². The van der Waals surface area contributed by atoms with Crippen molar-refractivity contribution in [2.75, 3.05) is 11.4 Å². The third-order valence-electron chi connectivity index (χ3n) is 5.01. The van der Waals surface area contributed by atoms with Gasteiger partial charge in [-0.05, 0) is 25.0 Å². The Morgan fingerprint density at radius 2 is 2.00 bits per heavy atom. The quantitative estimate of drug-likeness (QED) is 0.896. The molecule has 4 rings (SSSR count). The third kappa shape index (κ3) is 3.81. The van der Waals surface area contributed by atoms with Gasteiger partial charge in [-0.25, -0.2) is 9.97 Å². The molecule has 0 spiro atoms. The standard InChI is InChI=1S/C18H24N6O/c25-17(21-14-4-1-2-5-14)7-6-15-12-16-13-23(10-11-24(16)22-15)18-19-8-3-9-20-18/h3,8-9,12,14H,1-2,4-7,10-11,13H2,(H,21,25). The fraction of sp³-hybridized carbons (Fsp3) is 0.556. The number of amides is 1. The minimum Gasteiger partial charge on any atom is -0.353 e. The lowest BCUT2D eigenvalue weighted by atomic mass is 10.2. The highest BCUT2D eigenvalue weighted by atomic mass is 16.1. The number of hydrogen-bond donors (Lipinski definition) is 1. The average molecular weight is 340 g/mol. The van der Waals surface area contributed by atoms with Crippen LogP contribution in [0.2, 0.25) is 0 Å². The number of rotatable bonds is 5. The summed E-state index contributed by atoms with van der Waals surface area (Å²) in [6, 6.07) is 4.33. The molecule has 1 saturated carbocycles. The zero-order valence-electron chi connectivity index (χ0n) is 14.4. The summed E-state index contributed by atoms with van der Waals surface area (Å²) in [7, 11) is 0. The molecule has 25 heavy (non-hydrogen) atoms. The van der Waals surface area contributed by atoms with Crippen molar-refractivity contribution in [3.8, 4) is 0 Å². The van der Waals surface area contributed by atoms with Crippen LogP contribution in [0.3, 0.4) is 0 Å². The third-order valence-corrected chi connectivity index (χ3v) is 5.01. The SMILES string of the molecule is O=C(CCc1cc2n(n1)CCN(c1ncccn1)C2)NC1CCCC1. The van der Waals surface area contributed by atoms with Gasteiger partial charge in [0.2, 0.25) is 11.9 Å². The number of fused-ring (bicyclic) bond motifs is 1. The molecule has 2 aliphatic rings. The highest BCUT2D eigenvalue weighted by molar-refractivity contribution is 5.76. The second-order valence-electron chi connectivity index (χ2n) is 6.87. The first-order chi connectivity index (χ1) is 12.3. The first-order valence-corrected chi connectivity index (χ1v) is 9.15. The molecule has 0 atom stereocenters. The van der Waals surface area contributed by atoms with E-state index in [9.17, 15) is 4.79 Å². The van der Waals surface area contributed by atoms with Crippen LogP contribution in [0.15, 0.2) is 24.5 Å². The number of aromatic nitrogens is 4. The highest BCUT2D eigenvalue weighted by Gasteiger charge is 2.21. The summed E-state index contributed by atoms with van der Waals surface area (Å²) in [6.45, 7) is 2.42. The summed E-state index contributed by atoms with van der Waals surface area (Å²) in [4.78, 5) is 22.9. The summed E-state index contributed by atoms with van der Waals surface area (Å²) < 4.78 is 2.05. The number of anilines is 1. The molecule has 2 aromatic heterocycles. The fourth-order valence-electron chi connectivity index (χ4n) is 3.68. The molecule has 0 radical (unpaired) electrons. The second kappa shape index (κ2) is 7.21. The summed E-state index contributed by atoms with van der Waals surface area (Å²) in [5.74, 6) is 0.907. The summed E-state index contributed by atoms with van der Waals surface area (Å²) >= 11 is 0. The van der Waals surface area contributed by atoms with Gasteiger partial charge in [0.05, 0.1) is 24.5 Å². The Bertz CT molecular complexity index is 722. The Labute approximate surface area is 147 Å². The van der Waals surface area contributed by atoms with Gasteiger partial charge in [0.15, 0.2) is 0 Å². The minimum atomic E-state index is 0.150. The number of nitrogens with zero attached hydrogens (tertiary/aromatic N) is 5. The predicted molar refractivity (Wildman–Crippen MR) is 94.0 cm³/mol. The number of aryl methyl sites for hydroxylation is 1. The van der Waals surface area contributed by atoms with Crippen molar-refractivity contribution in [2.24, 2.45) is 0 Å². The molecule has 1 aliphatic carbocycles. The van der Waals surface area contributed by atoms with E-state index in [0.29, 0.717) is 18.9 Å². The maximum absolute atomic E-state index is 12.1. The number of carbonyl (C=O) groups excluding carboxylic acids is 1. The Balaban J connectivity index is 1.33. The molecular weight excluding hydrogens is 316 g/mol. The van der Waals surface area contributed by atoms with Crippen molar-refractivity contribution in [3.05, 3.63) is 35.9 Å². The van der Waals surface area contributed by atoms with Crippen LogP contribution < -0.4 is 10.2 Å². The van der Waals surface area contributed by atoms with Gasteiger partial charge in [-0.3, -0.25) is 9.48 Å². The number of nitrogens with one attached hydrogen (secondary N) is 1. The van der Waals surface area contributed by atoms with Crippen LogP contribution >= 0.6 is 0 Å². The van der Waals surface area contributed by atoms with Crippen LogP contribution in [0.25, 0.3) is 0 Å². The predicted octanol–water partition coefficient (Wildman–Crippen LogP) is 1.68. The van der Waals surface area contributed by atoms with E-state index in [4.69, 9.17) is 0 Å². The van der Waals surface area contributed by atoms with E-state index in [1.165, 1.54) is 12.8 Å². The van der Waals surface area contributed by atoms with Crippen molar-refractivity contribution in [2.45, 2.75) is 57.7 Å². The largest absolute Gasteiger partial charge is 0.353 e. The van der Waals surface area contributed by atoms with E-state index in [1.807, 2.05) is 10.7 Å². The molecule has 0 unspecified atom stereocenters. The van der Waals surface area contributed by atoms with E-state index in [0.717, 1.165) is 49.8 Å². The zero-order valence-corrected chi connectivity index (χ0v) is 14.4. The second-order valence-corrected chi connectivity index (χ2v) is 6.87. The Morgan fingerprint density at radius 3 is 2.80 bits per heavy atom. The summed E-state index contributed by atoms with van der Waals surface area (Å²) in [5, 5.41) is 7.79. The number of hydrogen-bond acceptors (Lipinski definition) is 5. The molecular formula is C18H24N6O. The van der Waals surface area contributed by atoms with Crippen molar-refractivity contribution < 1.29 is 4.79 Å². The van der Waals surface area contributed by atoms with Gasteiger partial charge in [0.25, 0.3) is 0 Å². The molecule has 3 heterocycles. The molecule has 0 aromatic carbocycles. The maximum atomic E-state index is 12.1. The molecule has 1 amide bonds.